The van der Waals surface area contributed by atoms with Crippen LogP contribution in [0, 0.1) is 13.8 Å². The van der Waals surface area contributed by atoms with Gasteiger partial charge in [0.2, 0.25) is 0 Å². The molecule has 2 aromatic rings. The highest BCUT2D eigenvalue weighted by Crippen LogP contribution is 2.40. The zero-order valence-electron chi connectivity index (χ0n) is 17.7. The minimum absolute atomic E-state index is 0.0404. The molecule has 0 aliphatic carbocycles. The summed E-state index contributed by atoms with van der Waals surface area (Å²) in [7, 11) is 1.77. The maximum absolute atomic E-state index is 12.9. The zero-order valence-corrected chi connectivity index (χ0v) is 17.7. The number of ether oxygens (including phenoxy) is 1. The van der Waals surface area contributed by atoms with E-state index in [4.69, 9.17) is 4.74 Å². The van der Waals surface area contributed by atoms with Gasteiger partial charge in [-0.1, -0.05) is 12.1 Å². The third-order valence-corrected chi connectivity index (χ3v) is 5.19. The second kappa shape index (κ2) is 7.73. The molecular weight excluding hydrogens is 370 g/mol. The molecule has 7 heteroatoms. The maximum Gasteiger partial charge on any atom is 0.295 e. The number of carbonyl (C=O) groups is 2. The molecule has 1 unspecified atom stereocenters. The molecule has 0 spiro atoms. The van der Waals surface area contributed by atoms with E-state index in [0.29, 0.717) is 23.6 Å². The smallest absolute Gasteiger partial charge is 0.295 e. The standard InChI is InChI=1S/C22H27N3O4/c1-7-25-19(15-8-10-16(11-9-15)29-12(2)3)18(21(27)22(25)28)20(26)17-13(4)23-24(6)14(17)5/h8-12,19,26H,7H2,1-6H3/b20-18+. The summed E-state index contributed by atoms with van der Waals surface area (Å²) in [4.78, 5) is 27.0. The molecular formula is C22H27N3O4. The Bertz CT molecular complexity index is 986. The first-order valence-corrected chi connectivity index (χ1v) is 9.72. The number of likely N-dealkylation sites (tertiary alicyclic amines) is 1. The number of hydrogen-bond donors (Lipinski definition) is 1. The number of hydrogen-bond acceptors (Lipinski definition) is 5. The maximum atomic E-state index is 12.9. The number of aromatic nitrogens is 2. The molecule has 1 aromatic carbocycles. The fourth-order valence-corrected chi connectivity index (χ4v) is 3.80. The van der Waals surface area contributed by atoms with E-state index in [0.717, 1.165) is 11.3 Å². The van der Waals surface area contributed by atoms with Crippen LogP contribution in [-0.4, -0.2) is 44.1 Å². The van der Waals surface area contributed by atoms with E-state index in [1.54, 1.807) is 18.7 Å². The summed E-state index contributed by atoms with van der Waals surface area (Å²) < 4.78 is 7.33. The lowest BCUT2D eigenvalue weighted by Gasteiger charge is -2.24. The molecule has 1 saturated heterocycles. The third kappa shape index (κ3) is 3.52. The van der Waals surface area contributed by atoms with Crippen LogP contribution in [0.1, 0.15) is 49.3 Å². The van der Waals surface area contributed by atoms with Crippen molar-refractivity contribution in [1.82, 2.24) is 14.7 Å². The number of benzene rings is 1. The molecule has 1 N–H and O–H groups in total. The van der Waals surface area contributed by atoms with Gasteiger partial charge in [0.15, 0.2) is 0 Å². The number of aryl methyl sites for hydroxylation is 2. The number of ketones is 1. The van der Waals surface area contributed by atoms with Gasteiger partial charge in [-0.25, -0.2) is 0 Å². The molecule has 0 bridgehead atoms. The van der Waals surface area contributed by atoms with Crippen molar-refractivity contribution in [2.75, 3.05) is 6.54 Å². The molecule has 1 fully saturated rings. The number of nitrogens with zero attached hydrogens (tertiary/aromatic N) is 3. The lowest BCUT2D eigenvalue weighted by atomic mass is 9.94. The minimum atomic E-state index is -0.681. The molecule has 0 radical (unpaired) electrons. The highest BCUT2D eigenvalue weighted by molar-refractivity contribution is 6.46. The van der Waals surface area contributed by atoms with Gasteiger partial charge in [-0.3, -0.25) is 14.3 Å². The van der Waals surface area contributed by atoms with Gasteiger partial charge in [0.25, 0.3) is 11.7 Å². The molecule has 3 rings (SSSR count). The average molecular weight is 397 g/mol. The number of likely N-dealkylation sites (N-methyl/N-ethyl adjacent to an activating group) is 1. The SMILES string of the molecule is CCN1C(=O)C(=O)/C(=C(/O)c2c(C)nn(C)c2C)C1c1ccc(OC(C)C)cc1. The van der Waals surface area contributed by atoms with E-state index in [2.05, 4.69) is 5.10 Å². The molecule has 29 heavy (non-hydrogen) atoms. The highest BCUT2D eigenvalue weighted by atomic mass is 16.5. The van der Waals surface area contributed by atoms with Crippen molar-refractivity contribution in [3.8, 4) is 5.75 Å². The fraction of sp³-hybridized carbons (Fsp3) is 0.409. The average Bonchev–Trinajstić information content (AvgIpc) is 3.07. The van der Waals surface area contributed by atoms with Crippen LogP contribution in [0.2, 0.25) is 0 Å². The third-order valence-electron chi connectivity index (χ3n) is 5.19. The van der Waals surface area contributed by atoms with Crippen LogP contribution in [0.25, 0.3) is 5.76 Å². The van der Waals surface area contributed by atoms with Crippen molar-refractivity contribution in [2.45, 2.75) is 46.8 Å². The first-order chi connectivity index (χ1) is 13.7. The van der Waals surface area contributed by atoms with Gasteiger partial charge >= 0.3 is 0 Å². The van der Waals surface area contributed by atoms with Crippen LogP contribution in [-0.2, 0) is 16.6 Å². The van der Waals surface area contributed by atoms with Crippen molar-refractivity contribution in [2.24, 2.45) is 7.05 Å². The van der Waals surface area contributed by atoms with Gasteiger partial charge < -0.3 is 14.7 Å². The van der Waals surface area contributed by atoms with Crippen molar-refractivity contribution >= 4 is 17.4 Å². The van der Waals surface area contributed by atoms with Crippen molar-refractivity contribution in [3.63, 3.8) is 0 Å². The summed E-state index contributed by atoms with van der Waals surface area (Å²) in [5.74, 6) is -0.772. The lowest BCUT2D eigenvalue weighted by molar-refractivity contribution is -0.139. The monoisotopic (exact) mass is 397 g/mol. The number of carbonyl (C=O) groups excluding carboxylic acids is 2. The second-order valence-electron chi connectivity index (χ2n) is 7.49. The Balaban J connectivity index is 2.16. The molecule has 154 valence electrons. The number of rotatable bonds is 5. The predicted molar refractivity (Wildman–Crippen MR) is 110 cm³/mol. The van der Waals surface area contributed by atoms with Crippen molar-refractivity contribution < 1.29 is 19.4 Å². The normalized spacial score (nSPS) is 18.7. The van der Waals surface area contributed by atoms with E-state index in [1.807, 2.05) is 52.0 Å². The van der Waals surface area contributed by atoms with Gasteiger partial charge in [-0.15, -0.1) is 0 Å². The first kappa shape index (κ1) is 20.6. The van der Waals surface area contributed by atoms with Crippen LogP contribution in [0.15, 0.2) is 29.8 Å². The number of Topliss-reactive ketones (excluding diaryl/α,β-unsaturated/α-hetero) is 1. The zero-order chi connectivity index (χ0) is 21.5. The summed E-state index contributed by atoms with van der Waals surface area (Å²) in [5.41, 5.74) is 2.65. The summed E-state index contributed by atoms with van der Waals surface area (Å²) in [6, 6.07) is 6.62. The number of aliphatic hydroxyl groups is 1. The van der Waals surface area contributed by atoms with Crippen molar-refractivity contribution in [3.05, 3.63) is 52.4 Å². The molecule has 0 saturated carbocycles. The van der Waals surface area contributed by atoms with Crippen LogP contribution in [0.5, 0.6) is 5.75 Å². The minimum Gasteiger partial charge on any atom is -0.507 e. The summed E-state index contributed by atoms with van der Waals surface area (Å²) in [6.07, 6.45) is 0.0404. The molecule has 1 aromatic heterocycles. The van der Waals surface area contributed by atoms with Gasteiger partial charge in [0.1, 0.15) is 11.5 Å². The summed E-state index contributed by atoms with van der Waals surface area (Å²) >= 11 is 0. The molecule has 7 nitrogen and oxygen atoms in total. The highest BCUT2D eigenvalue weighted by Gasteiger charge is 2.45. The quantitative estimate of drug-likeness (QED) is 0.476. The van der Waals surface area contributed by atoms with Crippen LogP contribution < -0.4 is 4.74 Å². The Morgan fingerprint density at radius 1 is 1.21 bits per heavy atom. The molecule has 1 aliphatic rings. The molecule has 1 aliphatic heterocycles. The van der Waals surface area contributed by atoms with Crippen LogP contribution in [0.4, 0.5) is 0 Å². The predicted octanol–water partition coefficient (Wildman–Crippen LogP) is 3.27. The van der Waals surface area contributed by atoms with Crippen molar-refractivity contribution in [1.29, 1.82) is 0 Å². The first-order valence-electron chi connectivity index (χ1n) is 9.72. The largest absolute Gasteiger partial charge is 0.507 e. The van der Waals surface area contributed by atoms with E-state index < -0.39 is 17.7 Å². The Morgan fingerprint density at radius 2 is 1.83 bits per heavy atom. The topological polar surface area (TPSA) is 84.7 Å². The van der Waals surface area contributed by atoms with Gasteiger partial charge in [0, 0.05) is 19.3 Å². The Hall–Kier alpha value is -3.09. The Morgan fingerprint density at radius 3 is 2.31 bits per heavy atom. The molecule has 1 amide bonds. The Kier molecular flexibility index (Phi) is 5.50. The van der Waals surface area contributed by atoms with Gasteiger partial charge in [0.05, 0.1) is 29.0 Å². The van der Waals surface area contributed by atoms with Gasteiger partial charge in [-0.05, 0) is 52.3 Å². The Labute approximate surface area is 170 Å². The summed E-state index contributed by atoms with van der Waals surface area (Å²) in [6.45, 7) is 9.64. The van der Waals surface area contributed by atoms with E-state index in [9.17, 15) is 14.7 Å². The van der Waals surface area contributed by atoms with E-state index >= 15 is 0 Å². The number of aliphatic hydroxyl groups excluding tert-OH is 1. The summed E-state index contributed by atoms with van der Waals surface area (Å²) in [5, 5.41) is 15.4. The van der Waals surface area contributed by atoms with Gasteiger partial charge in [-0.2, -0.15) is 5.10 Å². The number of amides is 1. The fourth-order valence-electron chi connectivity index (χ4n) is 3.80. The van der Waals surface area contributed by atoms with Crippen LogP contribution in [0.3, 0.4) is 0 Å². The molecule has 1 atom stereocenters. The molecule has 2 heterocycles. The van der Waals surface area contributed by atoms with E-state index in [-0.39, 0.29) is 17.4 Å². The second-order valence-corrected chi connectivity index (χ2v) is 7.49. The lowest BCUT2D eigenvalue weighted by Crippen LogP contribution is -2.29. The van der Waals surface area contributed by atoms with Crippen LogP contribution >= 0.6 is 0 Å². The van der Waals surface area contributed by atoms with E-state index in [1.165, 1.54) is 4.90 Å².